The second-order valence-corrected chi connectivity index (χ2v) is 7.02. The number of aromatic nitrogens is 2. The predicted octanol–water partition coefficient (Wildman–Crippen LogP) is 3.03. The molecule has 2 aromatic carbocycles. The fourth-order valence-electron chi connectivity index (χ4n) is 3.57. The zero-order chi connectivity index (χ0) is 20.2. The average Bonchev–Trinajstić information content (AvgIpc) is 3.29. The molecule has 0 unspecified atom stereocenters. The number of hydrogen-bond acceptors (Lipinski definition) is 4. The Hall–Kier alpha value is -3.45. The highest BCUT2D eigenvalue weighted by atomic mass is 16.2. The summed E-state index contributed by atoms with van der Waals surface area (Å²) in [7, 11) is 0. The largest absolute Gasteiger partial charge is 0.318 e. The molecule has 2 amide bonds. The van der Waals surface area contributed by atoms with Gasteiger partial charge in [-0.1, -0.05) is 31.2 Å². The van der Waals surface area contributed by atoms with Crippen LogP contribution in [-0.2, 0) is 22.6 Å². The smallest absolute Gasteiger partial charge is 0.314 e. The molecule has 2 heterocycles. The van der Waals surface area contributed by atoms with Crippen LogP contribution in [0.1, 0.15) is 18.1 Å². The first-order valence-electron chi connectivity index (χ1n) is 9.69. The van der Waals surface area contributed by atoms with Crippen LogP contribution in [0.2, 0.25) is 0 Å². The molecule has 0 atom stereocenters. The number of H-pyrrole nitrogens is 1. The Bertz CT molecular complexity index is 1010. The van der Waals surface area contributed by atoms with Crippen molar-refractivity contribution in [3.05, 3.63) is 65.9 Å². The number of nitrogens with one attached hydrogen (secondary N) is 3. The van der Waals surface area contributed by atoms with Crippen LogP contribution in [0.4, 0.5) is 11.4 Å². The number of aromatic amines is 1. The quantitative estimate of drug-likeness (QED) is 0.598. The summed E-state index contributed by atoms with van der Waals surface area (Å²) >= 11 is 0. The summed E-state index contributed by atoms with van der Waals surface area (Å²) < 4.78 is 0. The van der Waals surface area contributed by atoms with Gasteiger partial charge in [0.25, 0.3) is 0 Å². The van der Waals surface area contributed by atoms with E-state index in [9.17, 15) is 9.59 Å². The maximum Gasteiger partial charge on any atom is 0.314 e. The van der Waals surface area contributed by atoms with Crippen LogP contribution in [-0.4, -0.2) is 40.0 Å². The van der Waals surface area contributed by atoms with Crippen molar-refractivity contribution in [1.29, 1.82) is 0 Å². The third kappa shape index (κ3) is 4.20. The lowest BCUT2D eigenvalue weighted by Gasteiger charge is -2.29. The lowest BCUT2D eigenvalue weighted by molar-refractivity contribution is -0.133. The fraction of sp³-hybridized carbons (Fsp3) is 0.227. The lowest BCUT2D eigenvalue weighted by Crippen LogP contribution is -2.32. The highest BCUT2D eigenvalue weighted by Crippen LogP contribution is 2.26. The molecule has 29 heavy (non-hydrogen) atoms. The molecule has 1 aromatic heterocycles. The molecule has 0 saturated carbocycles. The number of hydrogen-bond donors (Lipinski definition) is 3. The third-order valence-corrected chi connectivity index (χ3v) is 5.20. The molecule has 0 spiro atoms. The molecule has 0 radical (unpaired) electrons. The van der Waals surface area contributed by atoms with Crippen molar-refractivity contribution < 1.29 is 9.59 Å². The van der Waals surface area contributed by atoms with Crippen LogP contribution in [0.5, 0.6) is 0 Å². The Morgan fingerprint density at radius 3 is 2.59 bits per heavy atom. The zero-order valence-electron chi connectivity index (χ0n) is 16.2. The summed E-state index contributed by atoms with van der Waals surface area (Å²) in [5.74, 6) is -1.36. The first-order valence-corrected chi connectivity index (χ1v) is 9.69. The van der Waals surface area contributed by atoms with Crippen molar-refractivity contribution in [2.75, 3.05) is 23.7 Å². The van der Waals surface area contributed by atoms with Crippen LogP contribution < -0.4 is 10.6 Å². The van der Waals surface area contributed by atoms with Gasteiger partial charge < -0.3 is 10.6 Å². The van der Waals surface area contributed by atoms with Gasteiger partial charge in [0.05, 0.1) is 5.69 Å². The maximum absolute atomic E-state index is 12.4. The molecule has 3 N–H and O–H groups in total. The van der Waals surface area contributed by atoms with E-state index in [1.165, 1.54) is 5.56 Å². The van der Waals surface area contributed by atoms with Gasteiger partial charge in [-0.25, -0.2) is 0 Å². The molecule has 0 fully saturated rings. The molecule has 1 aliphatic rings. The normalized spacial score (nSPS) is 13.6. The number of fused-ring (bicyclic) bond motifs is 1. The van der Waals surface area contributed by atoms with E-state index in [1.54, 1.807) is 18.3 Å². The topological polar surface area (TPSA) is 90.1 Å². The van der Waals surface area contributed by atoms with E-state index in [-0.39, 0.29) is 0 Å². The van der Waals surface area contributed by atoms with Gasteiger partial charge >= 0.3 is 11.8 Å². The fourth-order valence-corrected chi connectivity index (χ4v) is 3.57. The van der Waals surface area contributed by atoms with Gasteiger partial charge in [-0.15, -0.1) is 0 Å². The number of rotatable bonds is 4. The SMILES string of the molecule is CCN1CCc2c(cccc2NC(=O)C(=O)Nc2ccc(-c3ccn[nH]3)cc2)C1. The summed E-state index contributed by atoms with van der Waals surface area (Å²) in [5.41, 5.74) is 5.42. The van der Waals surface area contributed by atoms with E-state index in [0.717, 1.165) is 42.9 Å². The molecule has 0 aliphatic carbocycles. The van der Waals surface area contributed by atoms with E-state index in [2.05, 4.69) is 38.7 Å². The molecular weight excluding hydrogens is 366 g/mol. The van der Waals surface area contributed by atoms with Crippen molar-refractivity contribution in [3.8, 4) is 11.3 Å². The molecule has 0 bridgehead atoms. The van der Waals surface area contributed by atoms with E-state index in [4.69, 9.17) is 0 Å². The van der Waals surface area contributed by atoms with E-state index in [0.29, 0.717) is 11.4 Å². The molecule has 7 heteroatoms. The second kappa shape index (κ2) is 8.28. The highest BCUT2D eigenvalue weighted by Gasteiger charge is 2.20. The third-order valence-electron chi connectivity index (χ3n) is 5.20. The van der Waals surface area contributed by atoms with E-state index in [1.807, 2.05) is 30.3 Å². The molecule has 148 valence electrons. The number of anilines is 2. The molecule has 7 nitrogen and oxygen atoms in total. The van der Waals surface area contributed by atoms with Gasteiger partial charge in [0.15, 0.2) is 0 Å². The maximum atomic E-state index is 12.4. The Morgan fingerprint density at radius 2 is 1.86 bits per heavy atom. The van der Waals surface area contributed by atoms with Gasteiger partial charge in [0, 0.05) is 30.7 Å². The number of amides is 2. The summed E-state index contributed by atoms with van der Waals surface area (Å²) in [6.45, 7) is 4.95. The van der Waals surface area contributed by atoms with Crippen molar-refractivity contribution >= 4 is 23.2 Å². The van der Waals surface area contributed by atoms with Crippen molar-refractivity contribution in [1.82, 2.24) is 15.1 Å². The molecule has 1 aliphatic heterocycles. The summed E-state index contributed by atoms with van der Waals surface area (Å²) in [6.07, 6.45) is 2.54. The van der Waals surface area contributed by atoms with Gasteiger partial charge in [-0.3, -0.25) is 19.6 Å². The molecule has 3 aromatic rings. The van der Waals surface area contributed by atoms with Crippen molar-refractivity contribution in [3.63, 3.8) is 0 Å². The van der Waals surface area contributed by atoms with Crippen molar-refractivity contribution in [2.24, 2.45) is 0 Å². The summed E-state index contributed by atoms with van der Waals surface area (Å²) in [4.78, 5) is 27.1. The zero-order valence-corrected chi connectivity index (χ0v) is 16.2. The number of nitrogens with zero attached hydrogens (tertiary/aromatic N) is 2. The van der Waals surface area contributed by atoms with E-state index < -0.39 is 11.8 Å². The number of carbonyl (C=O) groups excluding carboxylic acids is 2. The minimum absolute atomic E-state index is 0.557. The van der Waals surface area contributed by atoms with Crippen LogP contribution in [0.25, 0.3) is 11.3 Å². The van der Waals surface area contributed by atoms with Crippen LogP contribution in [0, 0.1) is 0 Å². The minimum atomic E-state index is -0.692. The first kappa shape index (κ1) is 18.9. The molecule has 4 rings (SSSR count). The first-order chi connectivity index (χ1) is 14.1. The van der Waals surface area contributed by atoms with Crippen LogP contribution in [0.15, 0.2) is 54.7 Å². The van der Waals surface area contributed by atoms with Gasteiger partial charge in [-0.05, 0) is 53.9 Å². The molecule has 0 saturated heterocycles. The molecular formula is C22H23N5O2. The summed E-state index contributed by atoms with van der Waals surface area (Å²) in [6, 6.07) is 14.9. The Labute approximate surface area is 169 Å². The van der Waals surface area contributed by atoms with Gasteiger partial charge in [0.2, 0.25) is 0 Å². The number of benzene rings is 2. The highest BCUT2D eigenvalue weighted by molar-refractivity contribution is 6.43. The Balaban J connectivity index is 1.41. The van der Waals surface area contributed by atoms with Crippen LogP contribution in [0.3, 0.4) is 0 Å². The minimum Gasteiger partial charge on any atom is -0.318 e. The monoisotopic (exact) mass is 389 g/mol. The Morgan fingerprint density at radius 1 is 1.07 bits per heavy atom. The number of likely N-dealkylation sites (N-methyl/N-ethyl adjacent to an activating group) is 1. The summed E-state index contributed by atoms with van der Waals surface area (Å²) in [5, 5.41) is 12.2. The lowest BCUT2D eigenvalue weighted by atomic mass is 9.97. The van der Waals surface area contributed by atoms with Crippen LogP contribution >= 0.6 is 0 Å². The van der Waals surface area contributed by atoms with Crippen molar-refractivity contribution in [2.45, 2.75) is 19.9 Å². The second-order valence-electron chi connectivity index (χ2n) is 7.02. The van der Waals surface area contributed by atoms with Gasteiger partial charge in [-0.2, -0.15) is 5.10 Å². The Kier molecular flexibility index (Phi) is 5.39. The standard InChI is InChI=1S/C22H23N5O2/c1-2-27-13-11-18-16(14-27)4-3-5-20(18)25-22(29)21(28)24-17-8-6-15(7-9-17)19-10-12-23-26-19/h3-10,12H,2,11,13-14H2,1H3,(H,23,26)(H,24,28)(H,25,29). The van der Waals surface area contributed by atoms with Gasteiger partial charge in [0.1, 0.15) is 0 Å². The average molecular weight is 389 g/mol. The predicted molar refractivity (Wildman–Crippen MR) is 112 cm³/mol. The van der Waals surface area contributed by atoms with E-state index >= 15 is 0 Å². The number of carbonyl (C=O) groups is 2.